The molecule has 3 N–H and O–H groups in total. The molecule has 0 spiro atoms. The second kappa shape index (κ2) is 7.60. The van der Waals surface area contributed by atoms with Crippen molar-refractivity contribution < 1.29 is 4.39 Å². The summed E-state index contributed by atoms with van der Waals surface area (Å²) < 4.78 is 13.7. The Labute approximate surface area is 147 Å². The largest absolute Gasteiger partial charge is 0.380 e. The lowest BCUT2D eigenvalue weighted by Gasteiger charge is -2.32. The average molecular weight is 345 g/mol. The Hall–Kier alpha value is -2.48. The quantitative estimate of drug-likeness (QED) is 0.854. The molecule has 0 atom stereocenters. The Morgan fingerprint density at radius 2 is 1.92 bits per heavy atom. The fourth-order valence-electron chi connectivity index (χ4n) is 2.93. The zero-order chi connectivity index (χ0) is 17.8. The van der Waals surface area contributed by atoms with Crippen molar-refractivity contribution in [2.24, 2.45) is 0 Å². The van der Waals surface area contributed by atoms with E-state index in [1.165, 1.54) is 6.07 Å². The van der Waals surface area contributed by atoms with Crippen LogP contribution >= 0.6 is 0 Å². The standard InChI is InChI=1S/C17H24FN7/c1-24(2)17-22-15(21-16(19)23-17)11-25-9-7-12(8-10-25)20-14-6-4-3-5-13(14)18/h3-6,12,20H,7-11H2,1-2H3,(H2,19,21,22,23). The molecule has 3 rings (SSSR count). The van der Waals surface area contributed by atoms with Crippen LogP contribution in [0.25, 0.3) is 0 Å². The first kappa shape index (κ1) is 17.3. The number of halogens is 1. The molecule has 7 nitrogen and oxygen atoms in total. The van der Waals surface area contributed by atoms with Crippen LogP contribution in [0.3, 0.4) is 0 Å². The van der Waals surface area contributed by atoms with Crippen molar-refractivity contribution in [3.8, 4) is 0 Å². The number of nitrogen functional groups attached to an aromatic ring is 1. The molecule has 134 valence electrons. The summed E-state index contributed by atoms with van der Waals surface area (Å²) in [6.07, 6.45) is 1.88. The van der Waals surface area contributed by atoms with Gasteiger partial charge in [0.15, 0.2) is 0 Å². The van der Waals surface area contributed by atoms with E-state index in [0.29, 0.717) is 24.0 Å². The number of benzene rings is 1. The molecule has 1 aliphatic rings. The summed E-state index contributed by atoms with van der Waals surface area (Å²) >= 11 is 0. The highest BCUT2D eigenvalue weighted by atomic mass is 19.1. The highest BCUT2D eigenvalue weighted by Crippen LogP contribution is 2.20. The van der Waals surface area contributed by atoms with Crippen molar-refractivity contribution >= 4 is 17.6 Å². The van der Waals surface area contributed by atoms with Gasteiger partial charge in [-0.15, -0.1) is 0 Å². The second-order valence-electron chi connectivity index (χ2n) is 6.48. The van der Waals surface area contributed by atoms with E-state index in [1.54, 1.807) is 12.1 Å². The van der Waals surface area contributed by atoms with Gasteiger partial charge < -0.3 is 16.0 Å². The van der Waals surface area contributed by atoms with Crippen LogP contribution in [0.4, 0.5) is 22.0 Å². The number of nitrogens with two attached hydrogens (primary N) is 1. The van der Waals surface area contributed by atoms with Gasteiger partial charge in [-0.1, -0.05) is 12.1 Å². The van der Waals surface area contributed by atoms with Gasteiger partial charge >= 0.3 is 0 Å². The molecule has 8 heteroatoms. The van der Waals surface area contributed by atoms with Crippen molar-refractivity contribution in [3.05, 3.63) is 35.9 Å². The van der Waals surface area contributed by atoms with E-state index in [0.717, 1.165) is 25.9 Å². The molecular weight excluding hydrogens is 321 g/mol. The first-order valence-corrected chi connectivity index (χ1v) is 8.42. The van der Waals surface area contributed by atoms with E-state index < -0.39 is 0 Å². The van der Waals surface area contributed by atoms with Crippen molar-refractivity contribution in [1.82, 2.24) is 19.9 Å². The van der Waals surface area contributed by atoms with E-state index in [2.05, 4.69) is 25.2 Å². The number of likely N-dealkylation sites (tertiary alicyclic amines) is 1. The molecule has 1 saturated heterocycles. The second-order valence-corrected chi connectivity index (χ2v) is 6.48. The maximum Gasteiger partial charge on any atom is 0.229 e. The van der Waals surface area contributed by atoms with Crippen LogP contribution in [0.15, 0.2) is 24.3 Å². The Morgan fingerprint density at radius 3 is 2.60 bits per heavy atom. The van der Waals surface area contributed by atoms with Gasteiger partial charge in [0.1, 0.15) is 11.6 Å². The molecule has 1 fully saturated rings. The van der Waals surface area contributed by atoms with Crippen LogP contribution in [0.2, 0.25) is 0 Å². The normalized spacial score (nSPS) is 16.0. The molecule has 1 aromatic heterocycles. The summed E-state index contributed by atoms with van der Waals surface area (Å²) in [7, 11) is 3.75. The lowest BCUT2D eigenvalue weighted by Crippen LogP contribution is -2.39. The van der Waals surface area contributed by atoms with Crippen LogP contribution < -0.4 is 16.0 Å². The van der Waals surface area contributed by atoms with E-state index in [4.69, 9.17) is 5.73 Å². The molecular formula is C17H24FN7. The first-order valence-electron chi connectivity index (χ1n) is 8.42. The van der Waals surface area contributed by atoms with Crippen molar-refractivity contribution in [2.45, 2.75) is 25.4 Å². The van der Waals surface area contributed by atoms with E-state index in [9.17, 15) is 4.39 Å². The summed E-state index contributed by atoms with van der Waals surface area (Å²) in [5.74, 6) is 1.28. The molecule has 0 saturated carbocycles. The van der Waals surface area contributed by atoms with Gasteiger partial charge in [0.25, 0.3) is 0 Å². The van der Waals surface area contributed by atoms with Gasteiger partial charge in [0.05, 0.1) is 12.2 Å². The van der Waals surface area contributed by atoms with Gasteiger partial charge in [0.2, 0.25) is 11.9 Å². The minimum absolute atomic E-state index is 0.207. The number of hydrogen-bond donors (Lipinski definition) is 2. The molecule has 0 unspecified atom stereocenters. The number of aromatic nitrogens is 3. The molecule has 25 heavy (non-hydrogen) atoms. The molecule has 0 bridgehead atoms. The van der Waals surface area contributed by atoms with E-state index in [1.807, 2.05) is 25.1 Å². The number of rotatable bonds is 5. The third-order valence-corrected chi connectivity index (χ3v) is 4.27. The maximum absolute atomic E-state index is 13.7. The van der Waals surface area contributed by atoms with Crippen molar-refractivity contribution in [1.29, 1.82) is 0 Å². The van der Waals surface area contributed by atoms with Crippen LogP contribution in [0.1, 0.15) is 18.7 Å². The van der Waals surface area contributed by atoms with Gasteiger partial charge in [0, 0.05) is 33.2 Å². The average Bonchev–Trinajstić information content (AvgIpc) is 2.58. The molecule has 1 aromatic carbocycles. The summed E-state index contributed by atoms with van der Waals surface area (Å²) in [6, 6.07) is 7.07. The number of para-hydroxylation sites is 1. The number of hydrogen-bond acceptors (Lipinski definition) is 7. The maximum atomic E-state index is 13.7. The highest BCUT2D eigenvalue weighted by Gasteiger charge is 2.21. The zero-order valence-electron chi connectivity index (χ0n) is 14.6. The predicted octanol–water partition coefficient (Wildman–Crippen LogP) is 1.74. The minimum Gasteiger partial charge on any atom is -0.380 e. The minimum atomic E-state index is -0.207. The lowest BCUT2D eigenvalue weighted by molar-refractivity contribution is 0.206. The van der Waals surface area contributed by atoms with Gasteiger partial charge in [-0.3, -0.25) is 4.90 Å². The Bertz CT molecular complexity index is 714. The predicted molar refractivity (Wildman–Crippen MR) is 96.9 cm³/mol. The number of piperidine rings is 1. The summed E-state index contributed by atoms with van der Waals surface area (Å²) in [5, 5.41) is 3.30. The van der Waals surface area contributed by atoms with Crippen LogP contribution in [-0.4, -0.2) is 53.1 Å². The molecule has 0 radical (unpaired) electrons. The Balaban J connectivity index is 1.55. The molecule has 1 aliphatic heterocycles. The Kier molecular flexibility index (Phi) is 5.28. The third-order valence-electron chi connectivity index (χ3n) is 4.27. The fourth-order valence-corrected chi connectivity index (χ4v) is 2.93. The van der Waals surface area contributed by atoms with Crippen LogP contribution in [0.5, 0.6) is 0 Å². The SMILES string of the molecule is CN(C)c1nc(N)nc(CN2CCC(Nc3ccccc3F)CC2)n1. The molecule has 0 amide bonds. The van der Waals surface area contributed by atoms with Gasteiger partial charge in [-0.25, -0.2) is 4.39 Å². The van der Waals surface area contributed by atoms with E-state index >= 15 is 0 Å². The summed E-state index contributed by atoms with van der Waals surface area (Å²) in [4.78, 5) is 16.9. The highest BCUT2D eigenvalue weighted by molar-refractivity contribution is 5.45. The first-order chi connectivity index (χ1) is 12.0. The molecule has 2 aromatic rings. The number of nitrogens with one attached hydrogen (secondary N) is 1. The summed E-state index contributed by atoms with van der Waals surface area (Å²) in [5.41, 5.74) is 6.34. The molecule has 2 heterocycles. The van der Waals surface area contributed by atoms with Crippen LogP contribution in [0, 0.1) is 5.82 Å². The number of nitrogens with zero attached hydrogens (tertiary/aromatic N) is 5. The fraction of sp³-hybridized carbons (Fsp3) is 0.471. The van der Waals surface area contributed by atoms with Crippen LogP contribution in [-0.2, 0) is 6.54 Å². The van der Waals surface area contributed by atoms with Crippen molar-refractivity contribution in [3.63, 3.8) is 0 Å². The third kappa shape index (κ3) is 4.54. The zero-order valence-corrected chi connectivity index (χ0v) is 14.6. The molecule has 0 aliphatic carbocycles. The Morgan fingerprint density at radius 1 is 1.20 bits per heavy atom. The smallest absolute Gasteiger partial charge is 0.229 e. The monoisotopic (exact) mass is 345 g/mol. The lowest BCUT2D eigenvalue weighted by atomic mass is 10.0. The summed E-state index contributed by atoms with van der Waals surface area (Å²) in [6.45, 7) is 2.43. The van der Waals surface area contributed by atoms with E-state index in [-0.39, 0.29) is 17.8 Å². The van der Waals surface area contributed by atoms with Gasteiger partial charge in [-0.05, 0) is 25.0 Å². The topological polar surface area (TPSA) is 83.2 Å². The number of anilines is 3. The van der Waals surface area contributed by atoms with Gasteiger partial charge in [-0.2, -0.15) is 15.0 Å². The van der Waals surface area contributed by atoms with Crippen molar-refractivity contribution in [2.75, 3.05) is 43.1 Å².